The van der Waals surface area contributed by atoms with Gasteiger partial charge in [0.1, 0.15) is 17.0 Å². The number of rotatable bonds is 7. The molecule has 0 aliphatic rings. The summed E-state index contributed by atoms with van der Waals surface area (Å²) in [6.07, 6.45) is 4.54. The molecule has 0 radical (unpaired) electrons. The summed E-state index contributed by atoms with van der Waals surface area (Å²) in [5, 5.41) is 0.629. The number of nitrogens with zero attached hydrogens (tertiary/aromatic N) is 5. The minimum absolute atomic E-state index is 0. The van der Waals surface area contributed by atoms with Crippen LogP contribution in [0.5, 0.6) is 5.75 Å². The first-order valence-electron chi connectivity index (χ1n) is 8.35. The van der Waals surface area contributed by atoms with Crippen molar-refractivity contribution < 1.29 is 9.53 Å². The molecule has 3 aromatic rings. The summed E-state index contributed by atoms with van der Waals surface area (Å²) < 4.78 is 6.65. The zero-order chi connectivity index (χ0) is 18.5. The highest BCUT2D eigenvalue weighted by atomic mass is 35.5. The number of fused-ring (bicyclic) bond motifs is 1. The van der Waals surface area contributed by atoms with Gasteiger partial charge in [-0.15, -0.1) is 12.4 Å². The van der Waals surface area contributed by atoms with Gasteiger partial charge in [-0.05, 0) is 33.2 Å². The van der Waals surface area contributed by atoms with E-state index in [9.17, 15) is 4.79 Å². The second-order valence-corrected chi connectivity index (χ2v) is 6.89. The molecule has 0 atom stereocenters. The quantitative estimate of drug-likeness (QED) is 0.599. The molecule has 1 aromatic carbocycles. The third-order valence-electron chi connectivity index (χ3n) is 3.70. The fraction of sp³-hybridized carbons (Fsp3) is 0.333. The van der Waals surface area contributed by atoms with E-state index in [1.807, 2.05) is 44.1 Å². The summed E-state index contributed by atoms with van der Waals surface area (Å²) in [6.45, 7) is 3.72. The number of carbonyl (C=O) groups is 1. The average Bonchev–Trinajstić information content (AvgIpc) is 3.07. The Balaban J connectivity index is 0.00000261. The zero-order valence-electron chi connectivity index (χ0n) is 15.5. The van der Waals surface area contributed by atoms with Gasteiger partial charge in [-0.2, -0.15) is 0 Å². The number of ether oxygens (including phenoxy) is 1. The highest BCUT2D eigenvalue weighted by Crippen LogP contribution is 2.34. The lowest BCUT2D eigenvalue weighted by atomic mass is 10.3. The predicted molar refractivity (Wildman–Crippen MR) is 110 cm³/mol. The smallest absolute Gasteiger partial charge is 0.280 e. The minimum Gasteiger partial charge on any atom is -0.492 e. The van der Waals surface area contributed by atoms with Crippen LogP contribution in [0.2, 0.25) is 0 Å². The van der Waals surface area contributed by atoms with Crippen LogP contribution in [0, 0.1) is 0 Å². The average molecular weight is 408 g/mol. The van der Waals surface area contributed by atoms with Crippen LogP contribution in [-0.4, -0.2) is 59.6 Å². The molecular weight excluding hydrogens is 386 g/mol. The SMILES string of the molecule is CCOc1cccc2sc(N(CCN(C)C)C(=O)c3cnccn3)nc12.Cl. The van der Waals surface area contributed by atoms with Crippen molar-refractivity contribution in [2.75, 3.05) is 38.7 Å². The molecule has 7 nitrogen and oxygen atoms in total. The molecule has 0 bridgehead atoms. The first kappa shape index (κ1) is 21.0. The van der Waals surface area contributed by atoms with E-state index in [1.165, 1.54) is 23.7 Å². The number of hydrogen-bond donors (Lipinski definition) is 0. The monoisotopic (exact) mass is 407 g/mol. The highest BCUT2D eigenvalue weighted by molar-refractivity contribution is 7.22. The van der Waals surface area contributed by atoms with Crippen molar-refractivity contribution in [3.05, 3.63) is 42.5 Å². The van der Waals surface area contributed by atoms with E-state index in [1.54, 1.807) is 11.1 Å². The molecule has 0 unspecified atom stereocenters. The largest absolute Gasteiger partial charge is 0.492 e. The van der Waals surface area contributed by atoms with Crippen molar-refractivity contribution in [2.24, 2.45) is 0 Å². The van der Waals surface area contributed by atoms with Gasteiger partial charge < -0.3 is 9.64 Å². The Hall–Kier alpha value is -2.29. The third-order valence-corrected chi connectivity index (χ3v) is 4.74. The molecule has 0 spiro atoms. The number of hydrogen-bond acceptors (Lipinski definition) is 7. The van der Waals surface area contributed by atoms with Gasteiger partial charge in [0, 0.05) is 25.5 Å². The number of aromatic nitrogens is 3. The molecular formula is C18H22ClN5O2S. The van der Waals surface area contributed by atoms with Crippen molar-refractivity contribution in [1.82, 2.24) is 19.9 Å². The van der Waals surface area contributed by atoms with Crippen molar-refractivity contribution in [1.29, 1.82) is 0 Å². The fourth-order valence-electron chi connectivity index (χ4n) is 2.43. The van der Waals surface area contributed by atoms with E-state index < -0.39 is 0 Å². The van der Waals surface area contributed by atoms with Crippen LogP contribution in [0.25, 0.3) is 10.2 Å². The van der Waals surface area contributed by atoms with Gasteiger partial charge in [-0.3, -0.25) is 14.7 Å². The Labute approximate surface area is 168 Å². The van der Waals surface area contributed by atoms with E-state index in [0.717, 1.165) is 16.0 Å². The molecule has 0 aliphatic carbocycles. The van der Waals surface area contributed by atoms with E-state index >= 15 is 0 Å². The van der Waals surface area contributed by atoms with Gasteiger partial charge in [0.15, 0.2) is 5.13 Å². The maximum atomic E-state index is 13.0. The maximum Gasteiger partial charge on any atom is 0.280 e. The van der Waals surface area contributed by atoms with E-state index in [4.69, 9.17) is 4.74 Å². The maximum absolute atomic E-state index is 13.0. The second-order valence-electron chi connectivity index (χ2n) is 5.88. The Kier molecular flexibility index (Phi) is 7.46. The first-order valence-corrected chi connectivity index (χ1v) is 9.16. The van der Waals surface area contributed by atoms with Crippen molar-refractivity contribution in [3.63, 3.8) is 0 Å². The van der Waals surface area contributed by atoms with E-state index in [-0.39, 0.29) is 18.3 Å². The van der Waals surface area contributed by atoms with E-state index in [2.05, 4.69) is 15.0 Å². The summed E-state index contributed by atoms with van der Waals surface area (Å²) in [7, 11) is 3.94. The van der Waals surface area contributed by atoms with Gasteiger partial charge in [0.05, 0.1) is 17.5 Å². The molecule has 0 aliphatic heterocycles. The number of para-hydroxylation sites is 1. The highest BCUT2D eigenvalue weighted by Gasteiger charge is 2.23. The molecule has 9 heteroatoms. The van der Waals surface area contributed by atoms with Crippen molar-refractivity contribution >= 4 is 45.0 Å². The number of likely N-dealkylation sites (N-methyl/N-ethyl adjacent to an activating group) is 1. The van der Waals surface area contributed by atoms with Crippen LogP contribution >= 0.6 is 23.7 Å². The molecule has 3 rings (SSSR count). The molecule has 0 N–H and O–H groups in total. The summed E-state index contributed by atoms with van der Waals surface area (Å²) in [5.41, 5.74) is 1.08. The Morgan fingerprint density at radius 2 is 2.04 bits per heavy atom. The van der Waals surface area contributed by atoms with Crippen molar-refractivity contribution in [2.45, 2.75) is 6.92 Å². The van der Waals surface area contributed by atoms with Gasteiger partial charge in [-0.1, -0.05) is 17.4 Å². The zero-order valence-corrected chi connectivity index (χ0v) is 17.1. The number of carbonyl (C=O) groups excluding carboxylic acids is 1. The molecule has 0 saturated heterocycles. The lowest BCUT2D eigenvalue weighted by molar-refractivity contribution is 0.0980. The lowest BCUT2D eigenvalue weighted by Crippen LogP contribution is -2.37. The van der Waals surface area contributed by atoms with Gasteiger partial charge >= 0.3 is 0 Å². The summed E-state index contributed by atoms with van der Waals surface area (Å²) in [4.78, 5) is 29.5. The summed E-state index contributed by atoms with van der Waals surface area (Å²) in [5.74, 6) is 0.518. The Morgan fingerprint density at radius 3 is 2.70 bits per heavy atom. The number of halogens is 1. The van der Waals surface area contributed by atoms with E-state index in [0.29, 0.717) is 30.5 Å². The number of anilines is 1. The van der Waals surface area contributed by atoms with Gasteiger partial charge in [0.25, 0.3) is 5.91 Å². The van der Waals surface area contributed by atoms with Crippen molar-refractivity contribution in [3.8, 4) is 5.75 Å². The molecule has 144 valence electrons. The molecule has 0 saturated carbocycles. The fourth-order valence-corrected chi connectivity index (χ4v) is 3.44. The molecule has 2 aromatic heterocycles. The van der Waals surface area contributed by atoms with Crippen LogP contribution < -0.4 is 9.64 Å². The van der Waals surface area contributed by atoms with Gasteiger partial charge in [0.2, 0.25) is 0 Å². The number of amides is 1. The van der Waals surface area contributed by atoms with Crippen LogP contribution in [0.4, 0.5) is 5.13 Å². The Morgan fingerprint density at radius 1 is 1.22 bits per heavy atom. The standard InChI is InChI=1S/C18H21N5O2S.ClH/c1-4-25-14-6-5-7-15-16(14)21-18(26-15)23(11-10-22(2)3)17(24)13-12-19-8-9-20-13;/h5-9,12H,4,10-11H2,1-3H3;1H. The predicted octanol–water partition coefficient (Wildman–Crippen LogP) is 3.12. The van der Waals surface area contributed by atoms with Crippen LogP contribution in [-0.2, 0) is 0 Å². The summed E-state index contributed by atoms with van der Waals surface area (Å²) >= 11 is 1.47. The molecule has 1 amide bonds. The number of thiazole rings is 1. The second kappa shape index (κ2) is 9.59. The third kappa shape index (κ3) is 4.91. The lowest BCUT2D eigenvalue weighted by Gasteiger charge is -2.21. The van der Waals surface area contributed by atoms with Crippen LogP contribution in [0.3, 0.4) is 0 Å². The molecule has 2 heterocycles. The van der Waals surface area contributed by atoms with Gasteiger partial charge in [-0.25, -0.2) is 9.97 Å². The first-order chi connectivity index (χ1) is 12.6. The summed E-state index contributed by atoms with van der Waals surface area (Å²) in [6, 6.07) is 5.81. The van der Waals surface area contributed by atoms with Crippen LogP contribution in [0.1, 0.15) is 17.4 Å². The normalized spacial score (nSPS) is 10.7. The molecule has 0 fully saturated rings. The van der Waals surface area contributed by atoms with Crippen LogP contribution in [0.15, 0.2) is 36.8 Å². The minimum atomic E-state index is -0.211. The topological polar surface area (TPSA) is 71.5 Å². The molecule has 27 heavy (non-hydrogen) atoms. The number of benzene rings is 1. The Bertz CT molecular complexity index is 888.